The van der Waals surface area contributed by atoms with Crippen LogP contribution in [0, 0.1) is 4.91 Å². The van der Waals surface area contributed by atoms with E-state index in [0.29, 0.717) is 9.75 Å². The van der Waals surface area contributed by atoms with Gasteiger partial charge in [-0.15, -0.1) is 27.6 Å². The number of carbonyl (C=O) groups is 2. The van der Waals surface area contributed by atoms with Crippen LogP contribution >= 0.6 is 22.7 Å². The van der Waals surface area contributed by atoms with Crippen molar-refractivity contribution in [1.82, 2.24) is 5.01 Å². The minimum absolute atomic E-state index is 0.0606. The predicted molar refractivity (Wildman–Crippen MR) is 112 cm³/mol. The first-order chi connectivity index (χ1) is 14.4. The Morgan fingerprint density at radius 2 is 1.40 bits per heavy atom. The van der Waals surface area contributed by atoms with Gasteiger partial charge >= 0.3 is 11.9 Å². The predicted octanol–water partition coefficient (Wildman–Crippen LogP) is 2.87. The zero-order valence-corrected chi connectivity index (χ0v) is 18.6. The molecule has 1 saturated heterocycles. The molecule has 162 valence electrons. The van der Waals surface area contributed by atoms with Gasteiger partial charge in [-0.2, -0.15) is 0 Å². The highest BCUT2D eigenvalue weighted by atomic mass is 32.2. The fourth-order valence-corrected chi connectivity index (χ4v) is 7.65. The second-order valence-corrected chi connectivity index (χ2v) is 10.5. The largest absolute Gasteiger partial charge is 0.465 e. The number of hydrogen-bond donors (Lipinski definition) is 0. The van der Waals surface area contributed by atoms with Crippen molar-refractivity contribution in [3.63, 3.8) is 0 Å². The van der Waals surface area contributed by atoms with E-state index in [0.717, 1.165) is 5.01 Å². The van der Waals surface area contributed by atoms with Gasteiger partial charge in [0.05, 0.1) is 18.5 Å². The van der Waals surface area contributed by atoms with Crippen molar-refractivity contribution in [1.29, 1.82) is 0 Å². The summed E-state index contributed by atoms with van der Waals surface area (Å²) in [4.78, 5) is 38.5. The first-order valence-corrected chi connectivity index (χ1v) is 12.5. The van der Waals surface area contributed by atoms with E-state index in [2.05, 4.69) is 5.29 Å². The normalized spacial score (nSPS) is 25.5. The first-order valence-electron chi connectivity index (χ1n) is 9.12. The van der Waals surface area contributed by atoms with Crippen molar-refractivity contribution in [3.05, 3.63) is 49.7 Å². The Hall–Kier alpha value is -2.31. The molecule has 0 N–H and O–H groups in total. The zero-order chi connectivity index (χ0) is 21.9. The van der Waals surface area contributed by atoms with Crippen molar-refractivity contribution >= 4 is 44.4 Å². The number of carbonyl (C=O) groups excluding carboxylic acids is 2. The van der Waals surface area contributed by atoms with Gasteiger partial charge < -0.3 is 9.47 Å². The maximum absolute atomic E-state index is 13.7. The quantitative estimate of drug-likeness (QED) is 0.446. The van der Waals surface area contributed by atoms with Crippen LogP contribution in [0.25, 0.3) is 0 Å². The van der Waals surface area contributed by atoms with Gasteiger partial charge in [0, 0.05) is 9.75 Å². The molecule has 1 aliphatic heterocycles. The van der Waals surface area contributed by atoms with Crippen molar-refractivity contribution in [2.75, 3.05) is 13.2 Å². The molecule has 30 heavy (non-hydrogen) atoms. The van der Waals surface area contributed by atoms with Crippen LogP contribution < -0.4 is 0 Å². The summed E-state index contributed by atoms with van der Waals surface area (Å²) in [6, 6.07) is 4.12. The van der Waals surface area contributed by atoms with Crippen LogP contribution in [-0.4, -0.2) is 49.1 Å². The monoisotopic (exact) mass is 472 g/mol. The minimum Gasteiger partial charge on any atom is -0.465 e. The molecule has 0 saturated carbocycles. The maximum atomic E-state index is 13.7. The summed E-state index contributed by atoms with van der Waals surface area (Å²) in [5, 5.41) is 3.86. The van der Waals surface area contributed by atoms with Gasteiger partial charge in [0.1, 0.15) is 12.1 Å². The molecule has 1 fully saturated rings. The molecule has 1 aliphatic rings. The van der Waals surface area contributed by atoms with Crippen molar-refractivity contribution < 1.29 is 27.5 Å². The Morgan fingerprint density at radius 3 is 1.70 bits per heavy atom. The third-order valence-electron chi connectivity index (χ3n) is 4.65. The highest BCUT2D eigenvalue weighted by Gasteiger charge is 2.61. The van der Waals surface area contributed by atoms with Gasteiger partial charge in [0.25, 0.3) is 0 Å². The number of esters is 2. The van der Waals surface area contributed by atoms with Gasteiger partial charge in [-0.05, 0) is 36.7 Å². The summed E-state index contributed by atoms with van der Waals surface area (Å²) in [7, 11) is -4.48. The second kappa shape index (κ2) is 9.23. The van der Waals surface area contributed by atoms with Crippen LogP contribution in [0.2, 0.25) is 0 Å². The average molecular weight is 473 g/mol. The number of nitrogens with zero attached hydrogens (tertiary/aromatic N) is 2. The van der Waals surface area contributed by atoms with Crippen LogP contribution in [-0.2, 0) is 28.9 Å². The summed E-state index contributed by atoms with van der Waals surface area (Å²) in [5.74, 6) is -2.08. The van der Waals surface area contributed by atoms with Crippen LogP contribution in [0.15, 0.2) is 40.3 Å². The second-order valence-electron chi connectivity index (χ2n) is 6.32. The number of ether oxygens (including phenoxy) is 2. The molecule has 0 amide bonds. The zero-order valence-electron chi connectivity index (χ0n) is 16.2. The summed E-state index contributed by atoms with van der Waals surface area (Å²) < 4.78 is 37.3. The average Bonchev–Trinajstić information content (AvgIpc) is 3.40. The molecule has 3 rings (SSSR count). The number of sulfone groups is 1. The minimum atomic E-state index is -4.48. The van der Waals surface area contributed by atoms with E-state index in [4.69, 9.17) is 9.47 Å². The number of hydrogen-bond acceptors (Lipinski definition) is 10. The molecule has 4 atom stereocenters. The van der Waals surface area contributed by atoms with Crippen LogP contribution in [0.5, 0.6) is 0 Å². The Labute approximate surface area is 181 Å². The van der Waals surface area contributed by atoms with E-state index in [-0.39, 0.29) is 13.2 Å². The molecule has 3 heterocycles. The highest BCUT2D eigenvalue weighted by molar-refractivity contribution is 7.94. The SMILES string of the molecule is CCOC(=O)C1C(c2cccs2)N(N=O)C(c2cccs2)C(C(=O)OCC)S1(=O)=O. The van der Waals surface area contributed by atoms with Crippen LogP contribution in [0.4, 0.5) is 0 Å². The molecule has 0 aliphatic carbocycles. The molecular formula is C18H20N2O7S3. The van der Waals surface area contributed by atoms with Crippen LogP contribution in [0.3, 0.4) is 0 Å². The van der Waals surface area contributed by atoms with Gasteiger partial charge in [-0.3, -0.25) is 9.59 Å². The molecule has 2 aromatic rings. The maximum Gasteiger partial charge on any atom is 0.326 e. The molecule has 0 bridgehead atoms. The fraction of sp³-hybridized carbons (Fsp3) is 0.444. The molecule has 0 aromatic carbocycles. The van der Waals surface area contributed by atoms with E-state index in [1.54, 1.807) is 48.9 Å². The van der Waals surface area contributed by atoms with E-state index >= 15 is 0 Å². The number of thiophene rings is 2. The van der Waals surface area contributed by atoms with E-state index in [9.17, 15) is 22.9 Å². The third kappa shape index (κ3) is 3.86. The lowest BCUT2D eigenvalue weighted by atomic mass is 10.0. The molecular weight excluding hydrogens is 452 g/mol. The van der Waals surface area contributed by atoms with E-state index < -0.39 is 44.4 Å². The smallest absolute Gasteiger partial charge is 0.326 e. The molecule has 0 radical (unpaired) electrons. The summed E-state index contributed by atoms with van der Waals surface area (Å²) >= 11 is 2.36. The lowest BCUT2D eigenvalue weighted by Crippen LogP contribution is -2.59. The van der Waals surface area contributed by atoms with Gasteiger partial charge in [0.2, 0.25) is 0 Å². The lowest BCUT2D eigenvalue weighted by molar-refractivity contribution is -0.147. The number of rotatable bonds is 7. The lowest BCUT2D eigenvalue weighted by Gasteiger charge is -2.43. The van der Waals surface area contributed by atoms with Crippen molar-refractivity contribution in [2.45, 2.75) is 36.4 Å². The standard InChI is InChI=1S/C18H20N2O7S3/c1-3-26-17(21)15-13(11-7-5-9-28-11)20(19-23)14(12-8-6-10-29-12)16(30(15,24)25)18(22)27-4-2/h5-10,13-16H,3-4H2,1-2H3. The fourth-order valence-electron chi connectivity index (χ4n) is 3.52. The molecule has 12 heteroatoms. The Morgan fingerprint density at radius 1 is 0.967 bits per heavy atom. The van der Waals surface area contributed by atoms with E-state index in [1.807, 2.05) is 0 Å². The molecule has 4 unspecified atom stereocenters. The summed E-state index contributed by atoms with van der Waals surface area (Å²) in [5.41, 5.74) is 0. The first kappa shape index (κ1) is 22.4. The molecule has 0 spiro atoms. The van der Waals surface area contributed by atoms with Gasteiger partial charge in [0.15, 0.2) is 20.3 Å². The molecule has 9 nitrogen and oxygen atoms in total. The van der Waals surface area contributed by atoms with Gasteiger partial charge in [-0.25, -0.2) is 13.4 Å². The van der Waals surface area contributed by atoms with Gasteiger partial charge in [-0.1, -0.05) is 12.1 Å². The topological polar surface area (TPSA) is 119 Å². The Kier molecular flexibility index (Phi) is 6.88. The number of nitroso groups, excluding NO2 is 1. The Balaban J connectivity index is 2.26. The summed E-state index contributed by atoms with van der Waals surface area (Å²) in [6.45, 7) is 2.96. The van der Waals surface area contributed by atoms with Crippen molar-refractivity contribution in [2.24, 2.45) is 5.29 Å². The third-order valence-corrected chi connectivity index (χ3v) is 8.86. The summed E-state index contributed by atoms with van der Waals surface area (Å²) in [6.07, 6.45) is 0. The van der Waals surface area contributed by atoms with Crippen molar-refractivity contribution in [3.8, 4) is 0 Å². The molecule has 2 aromatic heterocycles. The van der Waals surface area contributed by atoms with Crippen LogP contribution in [0.1, 0.15) is 35.7 Å². The highest BCUT2D eigenvalue weighted by Crippen LogP contribution is 2.48. The Bertz CT molecular complexity index is 919. The van der Waals surface area contributed by atoms with E-state index in [1.165, 1.54) is 22.7 Å².